The van der Waals surface area contributed by atoms with Crippen LogP contribution in [0.15, 0.2) is 24.3 Å². The minimum Gasteiger partial charge on any atom is -0.270 e. The Hall–Kier alpha value is -0.140. The summed E-state index contributed by atoms with van der Waals surface area (Å²) in [6.45, 7) is 2.13. The summed E-state index contributed by atoms with van der Waals surface area (Å²) in [5.41, 5.74) is 1.08. The van der Waals surface area contributed by atoms with Crippen LogP contribution in [0.3, 0.4) is 0 Å². The van der Waals surface area contributed by atoms with Crippen molar-refractivity contribution in [3.05, 3.63) is 33.4 Å². The molecule has 1 aromatic rings. The molecule has 0 fully saturated rings. The van der Waals surface area contributed by atoms with E-state index in [1.165, 1.54) is 0 Å². The Bertz CT molecular complexity index is 411. The second-order valence-electron chi connectivity index (χ2n) is 3.44. The highest BCUT2D eigenvalue weighted by Gasteiger charge is 2.09. The van der Waals surface area contributed by atoms with Gasteiger partial charge in [0.15, 0.2) is 0 Å². The van der Waals surface area contributed by atoms with Crippen molar-refractivity contribution in [3.63, 3.8) is 0 Å². The van der Waals surface area contributed by atoms with Gasteiger partial charge in [0.25, 0.3) is 10.1 Å². The molecule has 1 atom stereocenters. The van der Waals surface area contributed by atoms with E-state index in [9.17, 15) is 8.42 Å². The zero-order valence-corrected chi connectivity index (χ0v) is 11.6. The first-order valence-electron chi connectivity index (χ1n) is 4.48. The van der Waals surface area contributed by atoms with E-state index in [0.29, 0.717) is 0 Å². The molecule has 0 spiro atoms. The summed E-state index contributed by atoms with van der Waals surface area (Å²) in [6.07, 6.45) is 1.06. The van der Waals surface area contributed by atoms with Gasteiger partial charge >= 0.3 is 0 Å². The van der Waals surface area contributed by atoms with Crippen LogP contribution in [0.25, 0.3) is 0 Å². The number of benzene rings is 1. The lowest BCUT2D eigenvalue weighted by Gasteiger charge is -2.11. The Morgan fingerprint density at radius 2 is 1.87 bits per heavy atom. The number of halogens is 1. The third-order valence-corrected chi connectivity index (χ3v) is 3.25. The van der Waals surface area contributed by atoms with Crippen LogP contribution in [-0.2, 0) is 14.3 Å². The molecule has 5 heteroatoms. The van der Waals surface area contributed by atoms with Crippen molar-refractivity contribution in [3.8, 4) is 0 Å². The van der Waals surface area contributed by atoms with E-state index in [1.54, 1.807) is 0 Å². The van der Waals surface area contributed by atoms with Crippen molar-refractivity contribution in [2.75, 3.05) is 12.9 Å². The molecule has 0 radical (unpaired) electrons. The molecule has 0 aliphatic rings. The van der Waals surface area contributed by atoms with Gasteiger partial charge in [-0.1, -0.05) is 19.1 Å². The first kappa shape index (κ1) is 12.9. The lowest BCUT2D eigenvalue weighted by atomic mass is 10.0. The fraction of sp³-hybridized carbons (Fsp3) is 0.400. The van der Waals surface area contributed by atoms with Crippen molar-refractivity contribution < 1.29 is 12.6 Å². The van der Waals surface area contributed by atoms with Gasteiger partial charge in [-0.25, -0.2) is 0 Å². The Morgan fingerprint density at radius 1 is 1.33 bits per heavy atom. The number of rotatable bonds is 4. The standard InChI is InChI=1S/C10H13IO3S/c1-8(7-14-15(2,12)13)9-3-5-10(11)6-4-9/h3-6,8H,7H2,1-2H3/t8-/m1/s1. The van der Waals surface area contributed by atoms with Gasteiger partial charge < -0.3 is 0 Å². The first-order valence-corrected chi connectivity index (χ1v) is 7.38. The van der Waals surface area contributed by atoms with Crippen molar-refractivity contribution in [1.82, 2.24) is 0 Å². The van der Waals surface area contributed by atoms with Crippen LogP contribution in [-0.4, -0.2) is 21.3 Å². The molecule has 0 bridgehead atoms. The third-order valence-electron chi connectivity index (χ3n) is 1.97. The molecule has 1 aromatic carbocycles. The Morgan fingerprint density at radius 3 is 2.33 bits per heavy atom. The SMILES string of the molecule is C[C@H](COS(C)(=O)=O)c1ccc(I)cc1. The molecular formula is C10H13IO3S. The van der Waals surface area contributed by atoms with Gasteiger partial charge in [0.2, 0.25) is 0 Å². The minimum atomic E-state index is -3.34. The summed E-state index contributed by atoms with van der Waals surface area (Å²) in [4.78, 5) is 0. The van der Waals surface area contributed by atoms with Gasteiger partial charge in [0, 0.05) is 9.49 Å². The van der Waals surface area contributed by atoms with Gasteiger partial charge in [-0.2, -0.15) is 8.42 Å². The molecule has 84 valence electrons. The molecule has 0 heterocycles. The van der Waals surface area contributed by atoms with E-state index in [2.05, 4.69) is 22.6 Å². The molecular weight excluding hydrogens is 327 g/mol. The topological polar surface area (TPSA) is 43.4 Å². The predicted octanol–water partition coefficient (Wildman–Crippen LogP) is 2.37. The van der Waals surface area contributed by atoms with Crippen LogP contribution in [0.1, 0.15) is 18.4 Å². The Balaban J connectivity index is 2.61. The van der Waals surface area contributed by atoms with E-state index in [4.69, 9.17) is 4.18 Å². The minimum absolute atomic E-state index is 0.0803. The molecule has 0 amide bonds. The molecule has 0 unspecified atom stereocenters. The highest BCUT2D eigenvalue weighted by Crippen LogP contribution is 2.17. The van der Waals surface area contributed by atoms with Gasteiger partial charge in [0.1, 0.15) is 0 Å². The van der Waals surface area contributed by atoms with E-state index < -0.39 is 10.1 Å². The molecule has 1 rings (SSSR count). The summed E-state index contributed by atoms with van der Waals surface area (Å²) in [6, 6.07) is 7.95. The molecule has 0 saturated heterocycles. The molecule has 15 heavy (non-hydrogen) atoms. The monoisotopic (exact) mass is 340 g/mol. The maximum absolute atomic E-state index is 10.8. The summed E-state index contributed by atoms with van der Waals surface area (Å²) in [5, 5.41) is 0. The van der Waals surface area contributed by atoms with E-state index in [1.807, 2.05) is 31.2 Å². The molecule has 0 saturated carbocycles. The van der Waals surface area contributed by atoms with Gasteiger partial charge in [-0.15, -0.1) is 0 Å². The molecule has 3 nitrogen and oxygen atoms in total. The largest absolute Gasteiger partial charge is 0.270 e. The van der Waals surface area contributed by atoms with Gasteiger partial charge in [0.05, 0.1) is 12.9 Å². The number of hydrogen-bond acceptors (Lipinski definition) is 3. The van der Waals surface area contributed by atoms with Crippen molar-refractivity contribution in [2.24, 2.45) is 0 Å². The van der Waals surface area contributed by atoms with Crippen molar-refractivity contribution in [2.45, 2.75) is 12.8 Å². The van der Waals surface area contributed by atoms with Crippen LogP contribution < -0.4 is 0 Å². The van der Waals surface area contributed by atoms with E-state index >= 15 is 0 Å². The van der Waals surface area contributed by atoms with Gasteiger partial charge in [-0.05, 0) is 40.3 Å². The van der Waals surface area contributed by atoms with Gasteiger partial charge in [-0.3, -0.25) is 4.18 Å². The average molecular weight is 340 g/mol. The normalized spacial score (nSPS) is 13.8. The van der Waals surface area contributed by atoms with Crippen LogP contribution in [0.2, 0.25) is 0 Å². The molecule has 0 aromatic heterocycles. The Kier molecular flexibility index (Phi) is 4.54. The fourth-order valence-corrected chi connectivity index (χ4v) is 1.92. The zero-order chi connectivity index (χ0) is 11.5. The third kappa shape index (κ3) is 4.94. The molecule has 0 aliphatic carbocycles. The maximum atomic E-state index is 10.8. The smallest absolute Gasteiger partial charge is 0.264 e. The summed E-state index contributed by atoms with van der Waals surface area (Å²) >= 11 is 2.23. The summed E-state index contributed by atoms with van der Waals surface area (Å²) in [7, 11) is -3.34. The second-order valence-corrected chi connectivity index (χ2v) is 6.33. The quantitative estimate of drug-likeness (QED) is 0.624. The fourth-order valence-electron chi connectivity index (χ4n) is 1.11. The van der Waals surface area contributed by atoms with Crippen LogP contribution in [0.4, 0.5) is 0 Å². The van der Waals surface area contributed by atoms with E-state index in [-0.39, 0.29) is 12.5 Å². The van der Waals surface area contributed by atoms with Crippen LogP contribution in [0.5, 0.6) is 0 Å². The van der Waals surface area contributed by atoms with Crippen LogP contribution >= 0.6 is 22.6 Å². The highest BCUT2D eigenvalue weighted by molar-refractivity contribution is 14.1. The van der Waals surface area contributed by atoms with Crippen molar-refractivity contribution >= 4 is 32.7 Å². The zero-order valence-electron chi connectivity index (χ0n) is 8.60. The average Bonchev–Trinajstić information content (AvgIpc) is 2.14. The highest BCUT2D eigenvalue weighted by atomic mass is 127. The van der Waals surface area contributed by atoms with Crippen LogP contribution in [0, 0.1) is 3.57 Å². The first-order chi connectivity index (χ1) is 6.88. The lowest BCUT2D eigenvalue weighted by Crippen LogP contribution is -2.09. The molecule has 0 N–H and O–H groups in total. The lowest BCUT2D eigenvalue weighted by molar-refractivity contribution is 0.301. The summed E-state index contributed by atoms with van der Waals surface area (Å²) < 4.78 is 27.5. The Labute approximate surface area is 104 Å². The second kappa shape index (κ2) is 5.27. The van der Waals surface area contributed by atoms with E-state index in [0.717, 1.165) is 15.4 Å². The predicted molar refractivity (Wildman–Crippen MR) is 68.4 cm³/mol. The summed E-state index contributed by atoms with van der Waals surface area (Å²) in [5.74, 6) is 0.0803. The molecule has 0 aliphatic heterocycles. The van der Waals surface area contributed by atoms with Crippen molar-refractivity contribution in [1.29, 1.82) is 0 Å². The maximum Gasteiger partial charge on any atom is 0.264 e. The number of hydrogen-bond donors (Lipinski definition) is 0.